The van der Waals surface area contributed by atoms with Crippen LogP contribution in [0, 0.1) is 0 Å². The molecule has 2 aromatic rings. The summed E-state index contributed by atoms with van der Waals surface area (Å²) in [6.07, 6.45) is 13.0. The molecule has 4 aliphatic rings. The maximum absolute atomic E-state index is 13.7. The number of benzene rings is 1. The summed E-state index contributed by atoms with van der Waals surface area (Å²) in [5.74, 6) is 0. The van der Waals surface area contributed by atoms with Crippen LogP contribution < -0.4 is 14.3 Å². The van der Waals surface area contributed by atoms with E-state index in [0.29, 0.717) is 24.6 Å². The molecular formula is C25H35N6NaO3S. The third-order valence-electron chi connectivity index (χ3n) is 7.98. The molecule has 1 aromatic heterocycles. The summed E-state index contributed by atoms with van der Waals surface area (Å²) < 4.78 is 32.9. The quantitative estimate of drug-likeness (QED) is 0.568. The predicted octanol–water partition coefficient (Wildman–Crippen LogP) is 2.51. The van der Waals surface area contributed by atoms with Gasteiger partial charge in [-0.05, 0) is 107 Å². The van der Waals surface area contributed by atoms with Gasteiger partial charge >= 0.3 is 45.8 Å². The van der Waals surface area contributed by atoms with Crippen molar-refractivity contribution >= 4 is 57.2 Å². The average Bonchev–Trinajstić information content (AvgIpc) is 3.19. The Morgan fingerprint density at radius 1 is 1.03 bits per heavy atom. The van der Waals surface area contributed by atoms with E-state index in [1.54, 1.807) is 6.20 Å². The van der Waals surface area contributed by atoms with Gasteiger partial charge in [-0.3, -0.25) is 4.68 Å². The molecule has 1 aromatic carbocycles. The van der Waals surface area contributed by atoms with E-state index < -0.39 is 16.2 Å². The number of amides is 2. The second-order valence-electron chi connectivity index (χ2n) is 10.5. The number of urea groups is 1. The number of hydrogen-bond acceptors (Lipinski definition) is 5. The third kappa shape index (κ3) is 5.07. The van der Waals surface area contributed by atoms with Crippen LogP contribution in [0.15, 0.2) is 18.5 Å². The Morgan fingerprint density at radius 2 is 1.67 bits per heavy atom. The molecule has 2 amide bonds. The number of aromatic nitrogens is 2. The topological polar surface area (TPSA) is 99.6 Å². The van der Waals surface area contributed by atoms with Gasteiger partial charge in [0.1, 0.15) is 0 Å². The van der Waals surface area contributed by atoms with Crippen LogP contribution in [0.3, 0.4) is 0 Å². The first-order valence-electron chi connectivity index (χ1n) is 12.9. The Hall–Kier alpha value is -1.59. The maximum atomic E-state index is 13.7. The van der Waals surface area contributed by atoms with Crippen LogP contribution in [0.2, 0.25) is 0 Å². The molecule has 0 spiro atoms. The van der Waals surface area contributed by atoms with Crippen molar-refractivity contribution in [3.8, 4) is 0 Å². The zero-order valence-electron chi connectivity index (χ0n) is 20.3. The van der Waals surface area contributed by atoms with Crippen molar-refractivity contribution in [1.82, 2.24) is 19.4 Å². The standard InChI is InChI=1S/C25H34N6O3S.Na.H/c1-29-12-10-20(11-13-29)31(21-15-26-30(16-21)19-8-9-19)35(33,34)28-25(32)27-24-22-6-2-4-17(22)14-18-5-3-7-23(18)24;;/h14-16,19-20H,2-13H2,1H3,(H2,27,28,32);;. The van der Waals surface area contributed by atoms with Gasteiger partial charge < -0.3 is 10.2 Å². The Kier molecular flexibility index (Phi) is 7.44. The molecule has 2 N–H and O–H groups in total. The number of likely N-dealkylation sites (tertiary alicyclic amines) is 1. The van der Waals surface area contributed by atoms with Crippen molar-refractivity contribution in [3.63, 3.8) is 0 Å². The number of piperidine rings is 1. The number of nitrogens with one attached hydrogen (secondary N) is 2. The van der Waals surface area contributed by atoms with Crippen LogP contribution in [-0.2, 0) is 35.9 Å². The summed E-state index contributed by atoms with van der Waals surface area (Å²) in [6, 6.07) is 1.74. The molecule has 0 radical (unpaired) electrons. The minimum atomic E-state index is -4.13. The van der Waals surface area contributed by atoms with E-state index >= 15 is 0 Å². The van der Waals surface area contributed by atoms with E-state index in [0.717, 1.165) is 70.1 Å². The van der Waals surface area contributed by atoms with Crippen molar-refractivity contribution in [2.24, 2.45) is 0 Å². The molecule has 11 heteroatoms. The van der Waals surface area contributed by atoms with Gasteiger partial charge in [0.2, 0.25) is 0 Å². The molecule has 1 saturated heterocycles. The Bertz CT molecular complexity index is 1220. The summed E-state index contributed by atoms with van der Waals surface area (Å²) in [7, 11) is -2.09. The zero-order chi connectivity index (χ0) is 24.2. The van der Waals surface area contributed by atoms with E-state index in [-0.39, 0.29) is 35.6 Å². The first-order valence-corrected chi connectivity index (χ1v) is 14.4. The number of aryl methyl sites for hydroxylation is 2. The molecule has 0 unspecified atom stereocenters. The van der Waals surface area contributed by atoms with Crippen molar-refractivity contribution < 1.29 is 13.2 Å². The van der Waals surface area contributed by atoms with Gasteiger partial charge in [-0.2, -0.15) is 13.5 Å². The number of fused-ring (bicyclic) bond motifs is 2. The fraction of sp³-hybridized carbons (Fsp3) is 0.600. The van der Waals surface area contributed by atoms with E-state index in [1.165, 1.54) is 26.6 Å². The SMILES string of the molecule is CN1CCC(N(c2cnn(C3CC3)c2)S(=O)(=O)NC(=O)Nc2c3c(cc4c2CCC4)CCC3)CC1.[NaH]. The van der Waals surface area contributed by atoms with Gasteiger partial charge in [-0.15, -0.1) is 0 Å². The second kappa shape index (κ2) is 10.3. The van der Waals surface area contributed by atoms with Gasteiger partial charge in [0.25, 0.3) is 0 Å². The van der Waals surface area contributed by atoms with Crippen molar-refractivity contribution in [2.45, 2.75) is 76.3 Å². The number of rotatable bonds is 6. The number of carbonyl (C=O) groups is 1. The Labute approximate surface area is 235 Å². The van der Waals surface area contributed by atoms with Crippen molar-refractivity contribution in [2.75, 3.05) is 29.8 Å². The molecule has 1 saturated carbocycles. The van der Waals surface area contributed by atoms with Crippen molar-refractivity contribution in [3.05, 3.63) is 40.7 Å². The number of anilines is 2. The van der Waals surface area contributed by atoms with Crippen LogP contribution in [0.4, 0.5) is 16.2 Å². The minimum absolute atomic E-state index is 0. The van der Waals surface area contributed by atoms with E-state index in [9.17, 15) is 13.2 Å². The molecule has 0 atom stereocenters. The van der Waals surface area contributed by atoms with Crippen LogP contribution in [0.1, 0.15) is 66.8 Å². The molecule has 2 heterocycles. The third-order valence-corrected chi connectivity index (χ3v) is 9.45. The number of hydrogen-bond donors (Lipinski definition) is 2. The molecule has 1 aliphatic heterocycles. The van der Waals surface area contributed by atoms with Crippen LogP contribution in [0.25, 0.3) is 0 Å². The summed E-state index contributed by atoms with van der Waals surface area (Å²) in [5, 5.41) is 7.38. The zero-order valence-corrected chi connectivity index (χ0v) is 21.1. The first-order chi connectivity index (χ1) is 16.9. The van der Waals surface area contributed by atoms with Crippen LogP contribution in [-0.4, -0.2) is 84.9 Å². The fourth-order valence-corrected chi connectivity index (χ4v) is 7.39. The Morgan fingerprint density at radius 3 is 2.28 bits per heavy atom. The molecule has 2 fully saturated rings. The van der Waals surface area contributed by atoms with Crippen LogP contribution >= 0.6 is 0 Å². The monoisotopic (exact) mass is 522 g/mol. The van der Waals surface area contributed by atoms with E-state index in [1.807, 2.05) is 17.9 Å². The molecule has 36 heavy (non-hydrogen) atoms. The normalized spacial score (nSPS) is 19.9. The Balaban J connectivity index is 0.00000267. The van der Waals surface area contributed by atoms with Crippen LogP contribution in [0.5, 0.6) is 0 Å². The number of nitrogens with zero attached hydrogens (tertiary/aromatic N) is 4. The van der Waals surface area contributed by atoms with Gasteiger partial charge in [-0.1, -0.05) is 6.07 Å². The molecule has 6 rings (SSSR count). The van der Waals surface area contributed by atoms with Gasteiger partial charge in [0.05, 0.1) is 17.9 Å². The fourth-order valence-electron chi connectivity index (χ4n) is 6.03. The molecule has 3 aliphatic carbocycles. The number of carbonyl (C=O) groups excluding carboxylic acids is 1. The van der Waals surface area contributed by atoms with Gasteiger partial charge in [0.15, 0.2) is 0 Å². The summed E-state index contributed by atoms with van der Waals surface area (Å²) in [6.45, 7) is 1.61. The summed E-state index contributed by atoms with van der Waals surface area (Å²) >= 11 is 0. The second-order valence-corrected chi connectivity index (χ2v) is 12.1. The van der Waals surface area contributed by atoms with Gasteiger partial charge in [-0.25, -0.2) is 13.8 Å². The molecule has 190 valence electrons. The first kappa shape index (κ1) is 26.0. The van der Waals surface area contributed by atoms with Gasteiger partial charge in [0, 0.05) is 17.9 Å². The molecule has 9 nitrogen and oxygen atoms in total. The van der Waals surface area contributed by atoms with Crippen molar-refractivity contribution in [1.29, 1.82) is 0 Å². The summed E-state index contributed by atoms with van der Waals surface area (Å²) in [4.78, 5) is 15.4. The predicted molar refractivity (Wildman–Crippen MR) is 142 cm³/mol. The average molecular weight is 523 g/mol. The van der Waals surface area contributed by atoms with E-state index in [4.69, 9.17) is 0 Å². The molecule has 0 bridgehead atoms. The molecular weight excluding hydrogens is 487 g/mol. The summed E-state index contributed by atoms with van der Waals surface area (Å²) in [5.41, 5.74) is 6.31. The van der Waals surface area contributed by atoms with E-state index in [2.05, 4.69) is 26.1 Å².